The van der Waals surface area contributed by atoms with Gasteiger partial charge in [0.25, 0.3) is 5.69 Å². The Labute approximate surface area is 204 Å². The zero-order valence-electron chi connectivity index (χ0n) is 19.3. The third-order valence-electron chi connectivity index (χ3n) is 6.01. The highest BCUT2D eigenvalue weighted by molar-refractivity contribution is 7.84. The van der Waals surface area contributed by atoms with Gasteiger partial charge in [-0.1, -0.05) is 24.3 Å². The highest BCUT2D eigenvalue weighted by Gasteiger charge is 2.31. The Morgan fingerprint density at radius 2 is 2.00 bits per heavy atom. The van der Waals surface area contributed by atoms with Gasteiger partial charge < -0.3 is 14.6 Å². The summed E-state index contributed by atoms with van der Waals surface area (Å²) in [6, 6.07) is 18.3. The summed E-state index contributed by atoms with van der Waals surface area (Å²) >= 11 is 0. The maximum absolute atomic E-state index is 13.5. The Balaban J connectivity index is 1.55. The molecular weight excluding hydrogens is 464 g/mol. The van der Waals surface area contributed by atoms with Crippen LogP contribution in [0, 0.1) is 6.92 Å². The predicted octanol–water partition coefficient (Wildman–Crippen LogP) is 4.10. The summed E-state index contributed by atoms with van der Waals surface area (Å²) < 4.78 is 18.9. The number of nitrogens with zero attached hydrogens (tertiary/aromatic N) is 3. The van der Waals surface area contributed by atoms with E-state index in [0.29, 0.717) is 46.3 Å². The fraction of sp³-hybridized carbons (Fsp3) is 0.192. The van der Waals surface area contributed by atoms with Crippen molar-refractivity contribution < 1.29 is 23.1 Å². The van der Waals surface area contributed by atoms with E-state index in [0.717, 1.165) is 21.5 Å². The molecule has 1 aliphatic rings. The molecular formula is C26H23N4O4S+. The van der Waals surface area contributed by atoms with Gasteiger partial charge in [0, 0.05) is 46.6 Å². The highest BCUT2D eigenvalue weighted by atomic mass is 32.2. The Morgan fingerprint density at radius 3 is 2.80 bits per heavy atom. The van der Waals surface area contributed by atoms with Crippen LogP contribution in [0.3, 0.4) is 0 Å². The van der Waals surface area contributed by atoms with Crippen molar-refractivity contribution in [1.29, 1.82) is 0 Å². The number of imidazole rings is 1. The van der Waals surface area contributed by atoms with Crippen LogP contribution < -0.4 is 9.64 Å². The van der Waals surface area contributed by atoms with E-state index in [1.165, 1.54) is 7.11 Å². The molecule has 35 heavy (non-hydrogen) atoms. The van der Waals surface area contributed by atoms with Crippen LogP contribution in [-0.2, 0) is 21.3 Å². The topological polar surface area (TPSA) is 95.4 Å². The molecule has 1 amide bonds. The number of para-hydroxylation sites is 2. The van der Waals surface area contributed by atoms with Crippen molar-refractivity contribution in [3.05, 3.63) is 77.6 Å². The number of aromatic nitrogens is 2. The number of amides is 1. The van der Waals surface area contributed by atoms with Crippen LogP contribution in [0.5, 0.6) is 5.75 Å². The predicted molar refractivity (Wildman–Crippen MR) is 134 cm³/mol. The number of carbonyl (C=O) groups is 1. The fourth-order valence-electron chi connectivity index (χ4n) is 4.39. The second-order valence-corrected chi connectivity index (χ2v) is 9.76. The minimum absolute atomic E-state index is 0.218. The second kappa shape index (κ2) is 9.29. The Hall–Kier alpha value is -4.07. The lowest BCUT2D eigenvalue weighted by atomic mass is 10.1. The normalized spacial score (nSPS) is 15.3. The van der Waals surface area contributed by atoms with Crippen molar-refractivity contribution >= 4 is 50.9 Å². The number of hydrogen-bond acceptors (Lipinski definition) is 6. The molecule has 3 aromatic carbocycles. The molecule has 0 bridgehead atoms. The average molecular weight is 488 g/mol. The number of isocyanates is 1. The molecule has 2 heterocycles. The van der Waals surface area contributed by atoms with E-state index in [2.05, 4.69) is 14.9 Å². The number of hydrogen-bond donors (Lipinski definition) is 1. The number of nitrogens with one attached hydrogen (secondary N) is 1. The van der Waals surface area contributed by atoms with Crippen molar-refractivity contribution in [2.24, 2.45) is 0 Å². The number of aryl methyl sites for hydroxylation is 1. The molecule has 9 heteroatoms. The lowest BCUT2D eigenvalue weighted by molar-refractivity contribution is -0.330. The van der Waals surface area contributed by atoms with Crippen molar-refractivity contribution in [1.82, 2.24) is 9.97 Å². The van der Waals surface area contributed by atoms with Crippen molar-refractivity contribution in [2.75, 3.05) is 24.3 Å². The molecule has 0 saturated heterocycles. The molecule has 0 aliphatic carbocycles. The van der Waals surface area contributed by atoms with E-state index in [1.54, 1.807) is 37.3 Å². The number of ether oxygens (including phenoxy) is 1. The van der Waals surface area contributed by atoms with Gasteiger partial charge in [0.1, 0.15) is 17.1 Å². The van der Waals surface area contributed by atoms with E-state index >= 15 is 0 Å². The maximum Gasteiger partial charge on any atom is 0.440 e. The van der Waals surface area contributed by atoms with Gasteiger partial charge in [-0.15, -0.1) is 0 Å². The molecule has 1 unspecified atom stereocenters. The SMILES string of the molecule is COc1cc(N2CCS(=O)Cc3ccccc32)ccc1C(=O)[N+](=C=O)c1cccc2[nH]c(C)nc12. The number of benzene rings is 3. The molecule has 1 atom stereocenters. The van der Waals surface area contributed by atoms with Gasteiger partial charge in [-0.25, -0.2) is 9.78 Å². The largest absolute Gasteiger partial charge is 0.496 e. The summed E-state index contributed by atoms with van der Waals surface area (Å²) in [5, 5.41) is 0. The number of aromatic amines is 1. The van der Waals surface area contributed by atoms with E-state index in [-0.39, 0.29) is 5.56 Å². The molecule has 0 saturated carbocycles. The van der Waals surface area contributed by atoms with E-state index in [9.17, 15) is 13.8 Å². The quantitative estimate of drug-likeness (QED) is 0.265. The monoisotopic (exact) mass is 487 g/mol. The molecule has 0 spiro atoms. The van der Waals surface area contributed by atoms with Gasteiger partial charge in [-0.2, -0.15) is 4.79 Å². The first-order valence-electron chi connectivity index (χ1n) is 11.1. The molecule has 1 aromatic heterocycles. The third kappa shape index (κ3) is 4.16. The summed E-state index contributed by atoms with van der Waals surface area (Å²) in [4.78, 5) is 35.0. The molecule has 176 valence electrons. The van der Waals surface area contributed by atoms with Gasteiger partial charge in [-0.3, -0.25) is 4.21 Å². The van der Waals surface area contributed by atoms with E-state index in [1.807, 2.05) is 36.4 Å². The van der Waals surface area contributed by atoms with Gasteiger partial charge in [0.2, 0.25) is 0 Å². The van der Waals surface area contributed by atoms with Crippen LogP contribution in [-0.4, -0.2) is 50.1 Å². The number of anilines is 2. The molecule has 1 N–H and O–H groups in total. The van der Waals surface area contributed by atoms with Crippen LogP contribution >= 0.6 is 0 Å². The summed E-state index contributed by atoms with van der Waals surface area (Å²) in [7, 11) is 0.524. The molecule has 5 rings (SSSR count). The third-order valence-corrected chi connectivity index (χ3v) is 7.28. The van der Waals surface area contributed by atoms with Crippen LogP contribution in [0.25, 0.3) is 11.0 Å². The summed E-state index contributed by atoms with van der Waals surface area (Å²) in [6.45, 7) is 2.37. The number of rotatable bonds is 4. The van der Waals surface area contributed by atoms with Crippen LogP contribution in [0.4, 0.5) is 17.1 Å². The van der Waals surface area contributed by atoms with Crippen LogP contribution in [0.1, 0.15) is 21.7 Å². The van der Waals surface area contributed by atoms with Gasteiger partial charge in [0.05, 0.1) is 18.4 Å². The lowest BCUT2D eigenvalue weighted by Gasteiger charge is -2.25. The Morgan fingerprint density at radius 1 is 1.17 bits per heavy atom. The molecule has 0 radical (unpaired) electrons. The van der Waals surface area contributed by atoms with Crippen molar-refractivity contribution in [3.8, 4) is 5.75 Å². The Bertz CT molecular complexity index is 1540. The first-order valence-corrected chi connectivity index (χ1v) is 12.5. The van der Waals surface area contributed by atoms with E-state index < -0.39 is 16.7 Å². The summed E-state index contributed by atoms with van der Waals surface area (Å²) in [6.07, 6.45) is 1.75. The van der Waals surface area contributed by atoms with Gasteiger partial charge >= 0.3 is 12.0 Å². The maximum atomic E-state index is 13.5. The van der Waals surface area contributed by atoms with Gasteiger partial charge in [0.15, 0.2) is 5.52 Å². The van der Waals surface area contributed by atoms with Crippen LogP contribution in [0.2, 0.25) is 0 Å². The Kier molecular flexibility index (Phi) is 6.03. The summed E-state index contributed by atoms with van der Waals surface area (Å²) in [5.41, 5.74) is 4.56. The lowest BCUT2D eigenvalue weighted by Crippen LogP contribution is -2.22. The first-order chi connectivity index (χ1) is 17.0. The summed E-state index contributed by atoms with van der Waals surface area (Å²) in [5.74, 6) is 1.45. The average Bonchev–Trinajstić information content (AvgIpc) is 3.17. The highest BCUT2D eigenvalue weighted by Crippen LogP contribution is 2.35. The molecule has 0 fully saturated rings. The minimum atomic E-state index is -0.956. The van der Waals surface area contributed by atoms with Crippen LogP contribution in [0.15, 0.2) is 60.7 Å². The standard InChI is InChI=1S/C26H23N4O4S/c1-17-27-21-7-5-9-23(25(21)28-17)30(16-31)26(32)20-11-10-19(14-24(20)34-2)29-12-13-35(33)15-18-6-3-4-8-22(18)29/h3-11,14H,12-13,15H2,1-2H3,(H,27,28)/q+1. The number of carbonyl (C=O) groups excluding carboxylic acids is 2. The second-order valence-electron chi connectivity index (χ2n) is 8.18. The first kappa shape index (κ1) is 22.7. The number of fused-ring (bicyclic) bond motifs is 2. The van der Waals surface area contributed by atoms with E-state index in [4.69, 9.17) is 4.74 Å². The minimum Gasteiger partial charge on any atom is -0.496 e. The van der Waals surface area contributed by atoms with Gasteiger partial charge in [-0.05, 0) is 41.3 Å². The van der Waals surface area contributed by atoms with Crippen molar-refractivity contribution in [2.45, 2.75) is 12.7 Å². The zero-order chi connectivity index (χ0) is 24.5. The van der Waals surface area contributed by atoms with Crippen molar-refractivity contribution in [3.63, 3.8) is 0 Å². The smallest absolute Gasteiger partial charge is 0.440 e. The number of methoxy groups -OCH3 is 1. The zero-order valence-corrected chi connectivity index (χ0v) is 20.1. The number of H-pyrrole nitrogens is 1. The molecule has 4 aromatic rings. The fourth-order valence-corrected chi connectivity index (χ4v) is 5.51. The molecule has 8 nitrogen and oxygen atoms in total. The molecule has 1 aliphatic heterocycles.